The maximum atomic E-state index is 11.8. The minimum absolute atomic E-state index is 0.0586. The molecule has 0 saturated carbocycles. The lowest BCUT2D eigenvalue weighted by Crippen LogP contribution is -2.26. The summed E-state index contributed by atoms with van der Waals surface area (Å²) in [5, 5.41) is 3.48. The van der Waals surface area contributed by atoms with Gasteiger partial charge in [-0.3, -0.25) is 9.78 Å². The van der Waals surface area contributed by atoms with E-state index < -0.39 is 0 Å². The van der Waals surface area contributed by atoms with Crippen molar-refractivity contribution in [3.63, 3.8) is 0 Å². The Balaban J connectivity index is 2.04. The van der Waals surface area contributed by atoms with E-state index in [0.717, 1.165) is 11.4 Å². The summed E-state index contributed by atoms with van der Waals surface area (Å²) in [6, 6.07) is 4.27. The minimum atomic E-state index is -0.0586. The third-order valence-corrected chi connectivity index (χ3v) is 4.13. The van der Waals surface area contributed by atoms with Crippen LogP contribution in [0.4, 0.5) is 5.69 Å². The number of hydrogen-bond acceptors (Lipinski definition) is 4. The smallest absolute Gasteiger partial charge is 0.272 e. The molecule has 98 valence electrons. The van der Waals surface area contributed by atoms with Gasteiger partial charge in [-0.25, -0.2) is 0 Å². The van der Waals surface area contributed by atoms with E-state index in [-0.39, 0.29) is 5.91 Å². The standard InChI is InChI=1S/C13H19N3OS/c1-16(2)13(17)12-8-10(5-6-14-12)15-11-4-3-7-18-9-11/h5-6,8,11H,3-4,7,9H2,1-2H3,(H,14,15). The van der Waals surface area contributed by atoms with Gasteiger partial charge in [0.1, 0.15) is 5.69 Å². The molecule has 5 heteroatoms. The summed E-state index contributed by atoms with van der Waals surface area (Å²) in [6.07, 6.45) is 4.15. The van der Waals surface area contributed by atoms with Gasteiger partial charge in [-0.1, -0.05) is 0 Å². The van der Waals surface area contributed by atoms with E-state index in [1.165, 1.54) is 18.6 Å². The van der Waals surface area contributed by atoms with E-state index in [1.54, 1.807) is 25.2 Å². The Labute approximate surface area is 112 Å². The molecule has 1 aromatic rings. The van der Waals surface area contributed by atoms with Gasteiger partial charge >= 0.3 is 0 Å². The summed E-state index contributed by atoms with van der Waals surface area (Å²) < 4.78 is 0. The van der Waals surface area contributed by atoms with E-state index in [4.69, 9.17) is 0 Å². The number of carbonyl (C=O) groups excluding carboxylic acids is 1. The van der Waals surface area contributed by atoms with Crippen LogP contribution in [-0.4, -0.2) is 47.4 Å². The summed E-state index contributed by atoms with van der Waals surface area (Å²) in [4.78, 5) is 17.5. The second kappa shape index (κ2) is 6.09. The number of aromatic nitrogens is 1. The molecule has 18 heavy (non-hydrogen) atoms. The van der Waals surface area contributed by atoms with Crippen LogP contribution in [0.2, 0.25) is 0 Å². The molecule has 0 radical (unpaired) electrons. The third-order valence-electron chi connectivity index (χ3n) is 2.92. The molecule has 2 heterocycles. The Morgan fingerprint density at radius 2 is 2.39 bits per heavy atom. The summed E-state index contributed by atoms with van der Waals surface area (Å²) in [7, 11) is 3.48. The van der Waals surface area contributed by atoms with Crippen LogP contribution < -0.4 is 5.32 Å². The molecule has 1 saturated heterocycles. The minimum Gasteiger partial charge on any atom is -0.381 e. The fourth-order valence-electron chi connectivity index (χ4n) is 1.96. The fourth-order valence-corrected chi connectivity index (χ4v) is 3.03. The number of carbonyl (C=O) groups is 1. The van der Waals surface area contributed by atoms with Gasteiger partial charge in [0.15, 0.2) is 0 Å². The molecule has 1 fully saturated rings. The summed E-state index contributed by atoms with van der Waals surface area (Å²) >= 11 is 1.98. The van der Waals surface area contributed by atoms with Crippen LogP contribution in [0.5, 0.6) is 0 Å². The molecule has 1 aromatic heterocycles. The molecule has 0 spiro atoms. The maximum absolute atomic E-state index is 11.8. The summed E-state index contributed by atoms with van der Waals surface area (Å²) in [6.45, 7) is 0. The zero-order valence-corrected chi connectivity index (χ0v) is 11.7. The van der Waals surface area contributed by atoms with Crippen LogP contribution >= 0.6 is 11.8 Å². The maximum Gasteiger partial charge on any atom is 0.272 e. The molecule has 1 aliphatic rings. The van der Waals surface area contributed by atoms with Crippen LogP contribution in [0, 0.1) is 0 Å². The Morgan fingerprint density at radius 1 is 1.56 bits per heavy atom. The molecular formula is C13H19N3OS. The zero-order chi connectivity index (χ0) is 13.0. The Bertz CT molecular complexity index is 416. The molecule has 1 N–H and O–H groups in total. The number of nitrogens with zero attached hydrogens (tertiary/aromatic N) is 2. The fraction of sp³-hybridized carbons (Fsp3) is 0.538. The lowest BCUT2D eigenvalue weighted by atomic mass is 10.1. The number of hydrogen-bond donors (Lipinski definition) is 1. The van der Waals surface area contributed by atoms with Crippen LogP contribution in [0.1, 0.15) is 23.3 Å². The van der Waals surface area contributed by atoms with Gasteiger partial charge in [0.2, 0.25) is 0 Å². The van der Waals surface area contributed by atoms with Gasteiger partial charge in [0.05, 0.1) is 0 Å². The third kappa shape index (κ3) is 3.38. The highest BCUT2D eigenvalue weighted by Gasteiger charge is 2.15. The SMILES string of the molecule is CN(C)C(=O)c1cc(NC2CCCSC2)ccn1. The van der Waals surface area contributed by atoms with Gasteiger partial charge in [-0.15, -0.1) is 0 Å². The molecule has 2 rings (SSSR count). The molecule has 1 amide bonds. The van der Waals surface area contributed by atoms with Crippen molar-refractivity contribution < 1.29 is 4.79 Å². The van der Waals surface area contributed by atoms with Crippen molar-refractivity contribution in [3.05, 3.63) is 24.0 Å². The zero-order valence-electron chi connectivity index (χ0n) is 10.8. The number of pyridine rings is 1. The van der Waals surface area contributed by atoms with Crippen molar-refractivity contribution >= 4 is 23.4 Å². The monoisotopic (exact) mass is 265 g/mol. The highest BCUT2D eigenvalue weighted by Crippen LogP contribution is 2.21. The Morgan fingerprint density at radius 3 is 3.06 bits per heavy atom. The van der Waals surface area contributed by atoms with Gasteiger partial charge in [-0.2, -0.15) is 11.8 Å². The number of amides is 1. The first-order chi connectivity index (χ1) is 8.66. The van der Waals surface area contributed by atoms with Crippen LogP contribution in [-0.2, 0) is 0 Å². The molecule has 0 bridgehead atoms. The lowest BCUT2D eigenvalue weighted by Gasteiger charge is -2.23. The van der Waals surface area contributed by atoms with Crippen LogP contribution in [0.3, 0.4) is 0 Å². The highest BCUT2D eigenvalue weighted by molar-refractivity contribution is 7.99. The quantitative estimate of drug-likeness (QED) is 0.909. The Hall–Kier alpha value is -1.23. The molecule has 0 aromatic carbocycles. The predicted molar refractivity (Wildman–Crippen MR) is 76.2 cm³/mol. The van der Waals surface area contributed by atoms with Crippen molar-refractivity contribution in [2.24, 2.45) is 0 Å². The number of thioether (sulfide) groups is 1. The number of nitrogens with one attached hydrogen (secondary N) is 1. The molecule has 1 atom stereocenters. The first-order valence-electron chi connectivity index (χ1n) is 6.19. The van der Waals surface area contributed by atoms with Crippen LogP contribution in [0.15, 0.2) is 18.3 Å². The number of anilines is 1. The van der Waals surface area contributed by atoms with E-state index in [1.807, 2.05) is 23.9 Å². The van der Waals surface area contributed by atoms with E-state index >= 15 is 0 Å². The summed E-state index contributed by atoms with van der Waals surface area (Å²) in [5.41, 5.74) is 1.48. The van der Waals surface area contributed by atoms with Crippen molar-refractivity contribution in [3.8, 4) is 0 Å². The van der Waals surface area contributed by atoms with Crippen molar-refractivity contribution in [2.45, 2.75) is 18.9 Å². The largest absolute Gasteiger partial charge is 0.381 e. The average molecular weight is 265 g/mol. The van der Waals surface area contributed by atoms with E-state index in [2.05, 4.69) is 10.3 Å². The lowest BCUT2D eigenvalue weighted by molar-refractivity contribution is 0.0822. The second-order valence-corrected chi connectivity index (χ2v) is 5.84. The first-order valence-corrected chi connectivity index (χ1v) is 7.34. The molecule has 4 nitrogen and oxygen atoms in total. The molecule has 1 unspecified atom stereocenters. The second-order valence-electron chi connectivity index (χ2n) is 4.69. The van der Waals surface area contributed by atoms with Gasteiger partial charge < -0.3 is 10.2 Å². The van der Waals surface area contributed by atoms with Crippen molar-refractivity contribution in [1.29, 1.82) is 0 Å². The predicted octanol–water partition coefficient (Wildman–Crippen LogP) is 2.09. The molecule has 1 aliphatic heterocycles. The van der Waals surface area contributed by atoms with Gasteiger partial charge in [0.25, 0.3) is 5.91 Å². The number of rotatable bonds is 3. The van der Waals surface area contributed by atoms with Gasteiger partial charge in [-0.05, 0) is 30.7 Å². The first kappa shape index (κ1) is 13.2. The topological polar surface area (TPSA) is 45.2 Å². The summed E-state index contributed by atoms with van der Waals surface area (Å²) in [5.74, 6) is 2.34. The van der Waals surface area contributed by atoms with Crippen LogP contribution in [0.25, 0.3) is 0 Å². The van der Waals surface area contributed by atoms with E-state index in [0.29, 0.717) is 11.7 Å². The van der Waals surface area contributed by atoms with Gasteiger partial charge in [0, 0.05) is 37.8 Å². The average Bonchev–Trinajstić information content (AvgIpc) is 2.39. The Kier molecular flexibility index (Phi) is 4.47. The van der Waals surface area contributed by atoms with Crippen molar-refractivity contribution in [1.82, 2.24) is 9.88 Å². The highest BCUT2D eigenvalue weighted by atomic mass is 32.2. The molecular weight excluding hydrogens is 246 g/mol. The normalized spacial score (nSPS) is 19.3. The van der Waals surface area contributed by atoms with E-state index in [9.17, 15) is 4.79 Å². The molecule has 0 aliphatic carbocycles. The van der Waals surface area contributed by atoms with Crippen molar-refractivity contribution in [2.75, 3.05) is 30.9 Å².